The van der Waals surface area contributed by atoms with Crippen molar-refractivity contribution in [2.45, 2.75) is 23.9 Å². The number of alkyl halides is 3. The van der Waals surface area contributed by atoms with Crippen LogP contribution in [0.5, 0.6) is 5.75 Å². The lowest BCUT2D eigenvalue weighted by molar-refractivity contribution is -0.137. The Kier molecular flexibility index (Phi) is 5.46. The number of benzene rings is 2. The summed E-state index contributed by atoms with van der Waals surface area (Å²) in [4.78, 5) is 25.0. The van der Waals surface area contributed by atoms with Gasteiger partial charge in [-0.1, -0.05) is 6.07 Å². The van der Waals surface area contributed by atoms with E-state index in [0.717, 1.165) is 17.0 Å². The summed E-state index contributed by atoms with van der Waals surface area (Å²) in [5, 5.41) is 5.50. The molecular formula is C21H17F3N2O3S. The maximum atomic E-state index is 13.0. The van der Waals surface area contributed by atoms with Crippen LogP contribution in [-0.2, 0) is 15.8 Å². The Balaban J connectivity index is 1.57. The molecule has 0 radical (unpaired) electrons. The summed E-state index contributed by atoms with van der Waals surface area (Å²) in [6, 6.07) is 8.53. The van der Waals surface area contributed by atoms with Crippen LogP contribution >= 0.6 is 11.8 Å². The van der Waals surface area contributed by atoms with Crippen LogP contribution in [0.3, 0.4) is 0 Å². The number of allylic oxidation sites excluding steroid dienone is 1. The van der Waals surface area contributed by atoms with Gasteiger partial charge in [0.05, 0.1) is 23.6 Å². The standard InChI is InChI=1S/C21H17F3N2O3S/c22-21(23,24)13-3-5-15-12(2-1-7-29-17(15)9-13)8-19(27)25-14-4-6-18-16(10-14)26-20(28)11-30-18/h3-6,8-10H,1-2,7,11H2,(H,25,27)(H,26,28). The molecule has 156 valence electrons. The van der Waals surface area contributed by atoms with Gasteiger partial charge in [-0.2, -0.15) is 13.2 Å². The molecule has 0 spiro atoms. The smallest absolute Gasteiger partial charge is 0.416 e. The molecule has 9 heteroatoms. The zero-order valence-electron chi connectivity index (χ0n) is 15.6. The molecule has 0 saturated heterocycles. The van der Waals surface area contributed by atoms with Crippen LogP contribution in [0.4, 0.5) is 24.5 Å². The minimum Gasteiger partial charge on any atom is -0.493 e. The van der Waals surface area contributed by atoms with Gasteiger partial charge in [0.2, 0.25) is 11.8 Å². The second-order valence-electron chi connectivity index (χ2n) is 6.87. The van der Waals surface area contributed by atoms with E-state index in [2.05, 4.69) is 10.6 Å². The van der Waals surface area contributed by atoms with Gasteiger partial charge in [-0.05, 0) is 48.7 Å². The molecule has 4 rings (SSSR count). The van der Waals surface area contributed by atoms with Gasteiger partial charge in [0.15, 0.2) is 0 Å². The third-order valence-corrected chi connectivity index (χ3v) is 5.76. The Labute approximate surface area is 174 Å². The Hall–Kier alpha value is -2.94. The highest BCUT2D eigenvalue weighted by Crippen LogP contribution is 2.38. The maximum Gasteiger partial charge on any atom is 0.416 e. The molecule has 0 unspecified atom stereocenters. The number of thioether (sulfide) groups is 1. The molecule has 30 heavy (non-hydrogen) atoms. The molecule has 0 bridgehead atoms. The SMILES string of the molecule is O=C(C=C1CCCOc2cc(C(F)(F)F)ccc21)Nc1ccc2c(c1)NC(=O)CS2. The van der Waals surface area contributed by atoms with Crippen LogP contribution < -0.4 is 15.4 Å². The second kappa shape index (κ2) is 8.06. The third kappa shape index (κ3) is 4.46. The second-order valence-corrected chi connectivity index (χ2v) is 7.88. The first-order chi connectivity index (χ1) is 14.3. The number of hydrogen-bond acceptors (Lipinski definition) is 4. The summed E-state index contributed by atoms with van der Waals surface area (Å²) in [5.74, 6) is -0.0451. The molecule has 2 aromatic carbocycles. The fraction of sp³-hybridized carbons (Fsp3) is 0.238. The molecule has 5 nitrogen and oxygen atoms in total. The fourth-order valence-electron chi connectivity index (χ4n) is 3.31. The number of carbonyl (C=O) groups is 2. The Bertz CT molecular complexity index is 1050. The first-order valence-electron chi connectivity index (χ1n) is 9.22. The number of anilines is 2. The summed E-state index contributed by atoms with van der Waals surface area (Å²) in [5.41, 5.74) is 1.44. The molecule has 0 saturated carbocycles. The summed E-state index contributed by atoms with van der Waals surface area (Å²) >= 11 is 1.42. The minimum atomic E-state index is -4.47. The maximum absolute atomic E-state index is 13.0. The Morgan fingerprint density at radius 2 is 2.03 bits per heavy atom. The van der Waals surface area contributed by atoms with E-state index in [-0.39, 0.29) is 18.3 Å². The van der Waals surface area contributed by atoms with Crippen molar-refractivity contribution in [1.82, 2.24) is 0 Å². The van der Waals surface area contributed by atoms with E-state index >= 15 is 0 Å². The number of nitrogens with one attached hydrogen (secondary N) is 2. The predicted octanol–water partition coefficient (Wildman–Crippen LogP) is 4.94. The number of halogens is 3. The van der Waals surface area contributed by atoms with Gasteiger partial charge in [-0.3, -0.25) is 9.59 Å². The Morgan fingerprint density at radius 3 is 2.83 bits per heavy atom. The van der Waals surface area contributed by atoms with Crippen LogP contribution in [0.2, 0.25) is 0 Å². The highest BCUT2D eigenvalue weighted by molar-refractivity contribution is 8.00. The average Bonchev–Trinajstić information content (AvgIpc) is 2.88. The van der Waals surface area contributed by atoms with Crippen LogP contribution in [0.25, 0.3) is 5.57 Å². The van der Waals surface area contributed by atoms with E-state index in [0.29, 0.717) is 41.1 Å². The van der Waals surface area contributed by atoms with Gasteiger partial charge in [-0.25, -0.2) is 0 Å². The van der Waals surface area contributed by atoms with E-state index in [1.165, 1.54) is 23.9 Å². The van der Waals surface area contributed by atoms with Gasteiger partial charge in [-0.15, -0.1) is 11.8 Å². The number of amides is 2. The highest BCUT2D eigenvalue weighted by Gasteiger charge is 2.32. The van der Waals surface area contributed by atoms with Crippen molar-refractivity contribution in [3.05, 3.63) is 53.6 Å². The van der Waals surface area contributed by atoms with Crippen LogP contribution in [0.1, 0.15) is 24.0 Å². The zero-order valence-corrected chi connectivity index (χ0v) is 16.5. The van der Waals surface area contributed by atoms with Crippen LogP contribution in [-0.4, -0.2) is 24.2 Å². The quantitative estimate of drug-likeness (QED) is 0.657. The van der Waals surface area contributed by atoms with Gasteiger partial charge in [0, 0.05) is 22.2 Å². The van der Waals surface area contributed by atoms with Crippen LogP contribution in [0, 0.1) is 0 Å². The molecule has 0 aliphatic carbocycles. The van der Waals surface area contributed by atoms with Crippen LogP contribution in [0.15, 0.2) is 47.4 Å². The van der Waals surface area contributed by atoms with Crippen molar-refractivity contribution in [2.75, 3.05) is 23.0 Å². The summed E-state index contributed by atoms with van der Waals surface area (Å²) in [6.07, 6.45) is -2.00. The molecule has 2 aliphatic heterocycles. The van der Waals surface area contributed by atoms with E-state index in [9.17, 15) is 22.8 Å². The highest BCUT2D eigenvalue weighted by atomic mass is 32.2. The summed E-state index contributed by atoms with van der Waals surface area (Å²) in [6.45, 7) is 0.273. The van der Waals surface area contributed by atoms with E-state index < -0.39 is 17.6 Å². The Morgan fingerprint density at radius 1 is 1.20 bits per heavy atom. The lowest BCUT2D eigenvalue weighted by atomic mass is 9.99. The van der Waals surface area contributed by atoms with Gasteiger partial charge >= 0.3 is 6.18 Å². The molecule has 2 aromatic rings. The topological polar surface area (TPSA) is 67.4 Å². The average molecular weight is 434 g/mol. The normalized spacial score (nSPS) is 17.3. The molecule has 2 N–H and O–H groups in total. The molecular weight excluding hydrogens is 417 g/mol. The number of rotatable bonds is 2. The lowest BCUT2D eigenvalue weighted by Crippen LogP contribution is -2.19. The first-order valence-corrected chi connectivity index (χ1v) is 10.2. The van der Waals surface area contributed by atoms with E-state index in [4.69, 9.17) is 4.74 Å². The minimum absolute atomic E-state index is 0.105. The van der Waals surface area contributed by atoms with Gasteiger partial charge < -0.3 is 15.4 Å². The van der Waals surface area contributed by atoms with Crippen molar-refractivity contribution in [3.8, 4) is 5.75 Å². The molecule has 2 amide bonds. The number of ether oxygens (including phenoxy) is 1. The van der Waals surface area contributed by atoms with E-state index in [1.54, 1.807) is 12.1 Å². The molecule has 0 fully saturated rings. The lowest BCUT2D eigenvalue weighted by Gasteiger charge is -2.17. The number of fused-ring (bicyclic) bond motifs is 2. The summed E-state index contributed by atoms with van der Waals surface area (Å²) < 4.78 is 44.4. The van der Waals surface area contributed by atoms with Crippen molar-refractivity contribution in [3.63, 3.8) is 0 Å². The molecule has 0 aromatic heterocycles. The van der Waals surface area contributed by atoms with Crippen molar-refractivity contribution >= 4 is 40.5 Å². The monoisotopic (exact) mass is 434 g/mol. The number of hydrogen-bond donors (Lipinski definition) is 2. The van der Waals surface area contributed by atoms with Crippen molar-refractivity contribution in [2.24, 2.45) is 0 Å². The molecule has 2 heterocycles. The number of carbonyl (C=O) groups excluding carboxylic acids is 2. The predicted molar refractivity (Wildman–Crippen MR) is 109 cm³/mol. The summed E-state index contributed by atoms with van der Waals surface area (Å²) in [7, 11) is 0. The third-order valence-electron chi connectivity index (χ3n) is 4.69. The van der Waals surface area contributed by atoms with E-state index in [1.807, 2.05) is 6.07 Å². The largest absolute Gasteiger partial charge is 0.493 e. The van der Waals surface area contributed by atoms with Crippen molar-refractivity contribution in [1.29, 1.82) is 0 Å². The zero-order chi connectivity index (χ0) is 21.3. The first kappa shape index (κ1) is 20.3. The van der Waals surface area contributed by atoms with Gasteiger partial charge in [0.1, 0.15) is 5.75 Å². The molecule has 0 atom stereocenters. The molecule has 2 aliphatic rings. The van der Waals surface area contributed by atoms with Gasteiger partial charge in [0.25, 0.3) is 0 Å². The fourth-order valence-corrected chi connectivity index (χ4v) is 4.10. The van der Waals surface area contributed by atoms with Crippen molar-refractivity contribution < 1.29 is 27.5 Å².